The second-order valence-corrected chi connectivity index (χ2v) is 5.20. The summed E-state index contributed by atoms with van der Waals surface area (Å²) in [6.07, 6.45) is 5.24. The first-order chi connectivity index (χ1) is 10.2. The number of nitrogens with one attached hydrogen (secondary N) is 1. The van der Waals surface area contributed by atoms with Gasteiger partial charge in [-0.2, -0.15) is 0 Å². The van der Waals surface area contributed by atoms with Gasteiger partial charge in [0.2, 0.25) is 5.91 Å². The minimum atomic E-state index is -0.0713. The molecule has 0 spiro atoms. The van der Waals surface area contributed by atoms with E-state index in [0.717, 1.165) is 18.4 Å². The van der Waals surface area contributed by atoms with Gasteiger partial charge in [0.15, 0.2) is 0 Å². The van der Waals surface area contributed by atoms with E-state index in [-0.39, 0.29) is 5.91 Å². The summed E-state index contributed by atoms with van der Waals surface area (Å²) in [6, 6.07) is 17.6. The zero-order chi connectivity index (χ0) is 14.9. The van der Waals surface area contributed by atoms with Crippen LogP contribution in [-0.4, -0.2) is 12.5 Å². The lowest BCUT2D eigenvalue weighted by molar-refractivity contribution is -0.116. The number of carbonyl (C=O) groups is 1. The van der Waals surface area contributed by atoms with Crippen LogP contribution in [0.5, 0.6) is 0 Å². The Hall–Kier alpha value is -2.06. The molecule has 0 radical (unpaired) electrons. The van der Waals surface area contributed by atoms with Crippen LogP contribution in [-0.2, 0) is 11.2 Å². The Morgan fingerprint density at radius 2 is 1.76 bits per heavy atom. The number of hydrogen-bond acceptors (Lipinski definition) is 1. The fraction of sp³-hybridized carbons (Fsp3) is 0.167. The van der Waals surface area contributed by atoms with Gasteiger partial charge in [-0.15, -0.1) is 0 Å². The average Bonchev–Trinajstić information content (AvgIpc) is 2.52. The molecule has 2 aromatic carbocycles. The van der Waals surface area contributed by atoms with E-state index in [4.69, 9.17) is 11.6 Å². The van der Waals surface area contributed by atoms with Gasteiger partial charge < -0.3 is 5.32 Å². The normalized spacial score (nSPS) is 10.7. The fourth-order valence-electron chi connectivity index (χ4n) is 1.95. The molecule has 0 unspecified atom stereocenters. The molecule has 0 atom stereocenters. The van der Waals surface area contributed by atoms with Crippen molar-refractivity contribution in [1.82, 2.24) is 5.32 Å². The predicted octanol–water partition coefficient (Wildman–Crippen LogP) is 4.10. The fourth-order valence-corrected chi connectivity index (χ4v) is 2.08. The van der Waals surface area contributed by atoms with Gasteiger partial charge in [0, 0.05) is 17.6 Å². The van der Waals surface area contributed by atoms with Crippen LogP contribution in [0.4, 0.5) is 0 Å². The molecule has 3 heteroatoms. The highest BCUT2D eigenvalue weighted by atomic mass is 35.5. The first kappa shape index (κ1) is 15.3. The third-order valence-corrected chi connectivity index (χ3v) is 3.33. The predicted molar refractivity (Wildman–Crippen MR) is 88.3 cm³/mol. The molecular weight excluding hydrogens is 282 g/mol. The minimum absolute atomic E-state index is 0.0713. The van der Waals surface area contributed by atoms with Crippen molar-refractivity contribution in [3.05, 3.63) is 76.8 Å². The van der Waals surface area contributed by atoms with Crippen LogP contribution in [0.3, 0.4) is 0 Å². The maximum atomic E-state index is 11.7. The first-order valence-corrected chi connectivity index (χ1v) is 7.37. The van der Waals surface area contributed by atoms with E-state index in [2.05, 4.69) is 17.4 Å². The third kappa shape index (κ3) is 5.84. The SMILES string of the molecule is O=C(/C=C/c1ccc(Cl)cc1)NCCCc1ccccc1. The average molecular weight is 300 g/mol. The summed E-state index contributed by atoms with van der Waals surface area (Å²) < 4.78 is 0. The number of halogens is 1. The van der Waals surface area contributed by atoms with E-state index in [0.29, 0.717) is 11.6 Å². The molecule has 2 nitrogen and oxygen atoms in total. The van der Waals surface area contributed by atoms with Crippen molar-refractivity contribution in [2.75, 3.05) is 6.54 Å². The number of amides is 1. The standard InChI is InChI=1S/C18H18ClNO/c19-17-11-8-16(9-12-17)10-13-18(21)20-14-4-7-15-5-2-1-3-6-15/h1-3,5-6,8-13H,4,7,14H2,(H,20,21)/b13-10+. The molecule has 0 heterocycles. The van der Waals surface area contributed by atoms with Crippen molar-refractivity contribution >= 4 is 23.6 Å². The van der Waals surface area contributed by atoms with E-state index >= 15 is 0 Å². The van der Waals surface area contributed by atoms with E-state index in [1.165, 1.54) is 5.56 Å². The van der Waals surface area contributed by atoms with E-state index in [1.54, 1.807) is 24.3 Å². The highest BCUT2D eigenvalue weighted by molar-refractivity contribution is 6.30. The lowest BCUT2D eigenvalue weighted by Crippen LogP contribution is -2.22. The number of aryl methyl sites for hydroxylation is 1. The summed E-state index contributed by atoms with van der Waals surface area (Å²) in [6.45, 7) is 0.679. The summed E-state index contributed by atoms with van der Waals surface area (Å²) in [5, 5.41) is 3.57. The highest BCUT2D eigenvalue weighted by Gasteiger charge is 1.96. The van der Waals surface area contributed by atoms with Crippen molar-refractivity contribution in [2.24, 2.45) is 0 Å². The van der Waals surface area contributed by atoms with Crippen LogP contribution in [0.2, 0.25) is 5.02 Å². The first-order valence-electron chi connectivity index (χ1n) is 6.99. The van der Waals surface area contributed by atoms with Gasteiger partial charge in [0.25, 0.3) is 0 Å². The molecule has 0 aliphatic heterocycles. The molecule has 0 bridgehead atoms. The second kappa shape index (κ2) is 8.28. The van der Waals surface area contributed by atoms with Crippen LogP contribution in [0.1, 0.15) is 17.5 Å². The highest BCUT2D eigenvalue weighted by Crippen LogP contribution is 2.10. The lowest BCUT2D eigenvalue weighted by atomic mass is 10.1. The number of carbonyl (C=O) groups excluding carboxylic acids is 1. The number of rotatable bonds is 6. The van der Waals surface area contributed by atoms with Gasteiger partial charge in [0.1, 0.15) is 0 Å². The van der Waals surface area contributed by atoms with Crippen LogP contribution in [0.15, 0.2) is 60.7 Å². The minimum Gasteiger partial charge on any atom is -0.353 e. The van der Waals surface area contributed by atoms with Gasteiger partial charge in [0.05, 0.1) is 0 Å². The Balaban J connectivity index is 1.69. The monoisotopic (exact) mass is 299 g/mol. The molecule has 0 saturated heterocycles. The van der Waals surface area contributed by atoms with Crippen molar-refractivity contribution in [3.63, 3.8) is 0 Å². The third-order valence-electron chi connectivity index (χ3n) is 3.08. The Labute approximate surface area is 130 Å². The molecule has 108 valence electrons. The van der Waals surface area contributed by atoms with Gasteiger partial charge in [-0.1, -0.05) is 54.1 Å². The van der Waals surface area contributed by atoms with Gasteiger partial charge in [-0.25, -0.2) is 0 Å². The smallest absolute Gasteiger partial charge is 0.243 e. The summed E-state index contributed by atoms with van der Waals surface area (Å²) in [5.41, 5.74) is 2.25. The van der Waals surface area contributed by atoms with Crippen LogP contribution in [0.25, 0.3) is 6.08 Å². The Bertz CT molecular complexity index is 590. The topological polar surface area (TPSA) is 29.1 Å². The quantitative estimate of drug-likeness (QED) is 0.631. The molecule has 2 aromatic rings. The van der Waals surface area contributed by atoms with Crippen LogP contribution < -0.4 is 5.32 Å². The van der Waals surface area contributed by atoms with E-state index < -0.39 is 0 Å². The maximum Gasteiger partial charge on any atom is 0.243 e. The maximum absolute atomic E-state index is 11.7. The van der Waals surface area contributed by atoms with Crippen LogP contribution in [0, 0.1) is 0 Å². The Kier molecular flexibility index (Phi) is 6.04. The Morgan fingerprint density at radius 1 is 1.05 bits per heavy atom. The zero-order valence-electron chi connectivity index (χ0n) is 11.8. The summed E-state index contributed by atoms with van der Waals surface area (Å²) in [5.74, 6) is -0.0713. The molecule has 0 saturated carbocycles. The van der Waals surface area contributed by atoms with Crippen molar-refractivity contribution in [3.8, 4) is 0 Å². The molecular formula is C18H18ClNO. The molecule has 0 aliphatic rings. The lowest BCUT2D eigenvalue weighted by Gasteiger charge is -2.02. The summed E-state index contributed by atoms with van der Waals surface area (Å²) in [4.78, 5) is 11.7. The van der Waals surface area contributed by atoms with Crippen molar-refractivity contribution in [2.45, 2.75) is 12.8 Å². The van der Waals surface area contributed by atoms with Crippen molar-refractivity contribution < 1.29 is 4.79 Å². The zero-order valence-corrected chi connectivity index (χ0v) is 12.5. The van der Waals surface area contributed by atoms with Gasteiger partial charge in [-0.3, -0.25) is 4.79 Å². The summed E-state index contributed by atoms with van der Waals surface area (Å²) in [7, 11) is 0. The van der Waals surface area contributed by atoms with E-state index in [9.17, 15) is 4.79 Å². The number of benzene rings is 2. The van der Waals surface area contributed by atoms with Crippen LogP contribution >= 0.6 is 11.6 Å². The van der Waals surface area contributed by atoms with Gasteiger partial charge >= 0.3 is 0 Å². The number of hydrogen-bond donors (Lipinski definition) is 1. The summed E-state index contributed by atoms with van der Waals surface area (Å²) >= 11 is 5.81. The largest absolute Gasteiger partial charge is 0.353 e. The molecule has 21 heavy (non-hydrogen) atoms. The molecule has 1 amide bonds. The second-order valence-electron chi connectivity index (χ2n) is 4.77. The van der Waals surface area contributed by atoms with Gasteiger partial charge in [-0.05, 0) is 42.2 Å². The molecule has 2 rings (SSSR count). The molecule has 0 fully saturated rings. The Morgan fingerprint density at radius 3 is 2.48 bits per heavy atom. The molecule has 0 aromatic heterocycles. The van der Waals surface area contributed by atoms with E-state index in [1.807, 2.05) is 30.3 Å². The molecule has 1 N–H and O–H groups in total. The molecule has 0 aliphatic carbocycles. The van der Waals surface area contributed by atoms with Crippen molar-refractivity contribution in [1.29, 1.82) is 0 Å².